The number of nitrogens with two attached hydrogens (primary N) is 1. The van der Waals surface area contributed by atoms with Gasteiger partial charge in [-0.3, -0.25) is 4.79 Å². The average Bonchev–Trinajstić information content (AvgIpc) is 3.73. The number of likely N-dealkylation sites (tertiary alicyclic amines) is 1. The molecule has 8 nitrogen and oxygen atoms in total. The Labute approximate surface area is 249 Å². The van der Waals surface area contributed by atoms with E-state index < -0.39 is 29.3 Å². The van der Waals surface area contributed by atoms with Crippen molar-refractivity contribution in [3.8, 4) is 6.07 Å². The molecular weight excluding hydrogens is 557 g/mol. The number of benzene rings is 3. The summed E-state index contributed by atoms with van der Waals surface area (Å²) < 4.78 is 20.6. The fourth-order valence-corrected chi connectivity index (χ4v) is 5.57. The third kappa shape index (κ3) is 6.57. The van der Waals surface area contributed by atoms with E-state index >= 15 is 4.39 Å². The maximum Gasteiger partial charge on any atom is 0.322 e. The van der Waals surface area contributed by atoms with Gasteiger partial charge in [0.05, 0.1) is 29.0 Å². The maximum absolute atomic E-state index is 15.1. The zero-order chi connectivity index (χ0) is 29.9. The van der Waals surface area contributed by atoms with Crippen LogP contribution in [0.15, 0.2) is 66.7 Å². The lowest BCUT2D eigenvalue weighted by Gasteiger charge is -2.32. The summed E-state index contributed by atoms with van der Waals surface area (Å²) in [6.45, 7) is 0.193. The molecular formula is C32H33ClFN5O3. The second-order valence-corrected chi connectivity index (χ2v) is 11.5. The van der Waals surface area contributed by atoms with E-state index in [4.69, 9.17) is 22.1 Å². The number of carbonyl (C=O) groups is 2. The van der Waals surface area contributed by atoms with Crippen molar-refractivity contribution in [1.29, 1.82) is 5.26 Å². The van der Waals surface area contributed by atoms with Crippen molar-refractivity contribution in [2.24, 2.45) is 11.7 Å². The number of rotatable bonds is 9. The molecule has 1 aliphatic heterocycles. The van der Waals surface area contributed by atoms with Gasteiger partial charge in [0.2, 0.25) is 5.91 Å². The van der Waals surface area contributed by atoms with Crippen molar-refractivity contribution in [3.05, 3.63) is 94.3 Å². The summed E-state index contributed by atoms with van der Waals surface area (Å²) in [6.07, 6.45) is 3.70. The van der Waals surface area contributed by atoms with Crippen LogP contribution in [-0.2, 0) is 15.1 Å². The number of carbonyl (C=O) groups excluding carboxylic acids is 2. The van der Waals surface area contributed by atoms with Crippen molar-refractivity contribution >= 4 is 34.9 Å². The smallest absolute Gasteiger partial charge is 0.322 e. The van der Waals surface area contributed by atoms with Crippen LogP contribution in [0.4, 0.5) is 20.6 Å². The quantitative estimate of drug-likeness (QED) is 0.283. The van der Waals surface area contributed by atoms with Crippen molar-refractivity contribution in [2.75, 3.05) is 24.3 Å². The second kappa shape index (κ2) is 12.5. The molecule has 0 bridgehead atoms. The molecule has 1 saturated heterocycles. The SMILES string of the molecule is CO[C@H]1C[C@@H](C(=O)Nc2cc(C(N)(CCC3CC3)c3cccc(C#N)c3)ccc2F)N(C(=O)Nc2ccc(Cl)cc2)C1. The average molecular weight is 590 g/mol. The Morgan fingerprint density at radius 3 is 2.55 bits per heavy atom. The van der Waals surface area contributed by atoms with Gasteiger partial charge in [0, 0.05) is 30.8 Å². The fraction of sp³-hybridized carbons (Fsp3) is 0.344. The predicted molar refractivity (Wildman–Crippen MR) is 159 cm³/mol. The van der Waals surface area contributed by atoms with E-state index in [0.717, 1.165) is 24.8 Å². The highest BCUT2D eigenvalue weighted by atomic mass is 35.5. The monoisotopic (exact) mass is 589 g/mol. The first-order valence-electron chi connectivity index (χ1n) is 14.0. The largest absolute Gasteiger partial charge is 0.380 e. The number of hydrogen-bond acceptors (Lipinski definition) is 5. The minimum atomic E-state index is -0.998. The number of hydrogen-bond donors (Lipinski definition) is 3. The Kier molecular flexibility index (Phi) is 8.78. The first kappa shape index (κ1) is 29.5. The minimum Gasteiger partial charge on any atom is -0.380 e. The van der Waals surface area contributed by atoms with Gasteiger partial charge in [-0.15, -0.1) is 0 Å². The minimum absolute atomic E-state index is 0.0332. The second-order valence-electron chi connectivity index (χ2n) is 11.0. The lowest BCUT2D eigenvalue weighted by molar-refractivity contribution is -0.119. The van der Waals surface area contributed by atoms with Crippen LogP contribution < -0.4 is 16.4 Å². The highest BCUT2D eigenvalue weighted by Gasteiger charge is 2.40. The van der Waals surface area contributed by atoms with E-state index in [-0.39, 0.29) is 24.8 Å². The topological polar surface area (TPSA) is 120 Å². The number of nitrogens with one attached hydrogen (secondary N) is 2. The number of urea groups is 1. The summed E-state index contributed by atoms with van der Waals surface area (Å²) in [4.78, 5) is 28.1. The number of nitriles is 1. The van der Waals surface area contributed by atoms with Gasteiger partial charge >= 0.3 is 6.03 Å². The van der Waals surface area contributed by atoms with Gasteiger partial charge in [0.25, 0.3) is 0 Å². The van der Waals surface area contributed by atoms with Crippen LogP contribution in [0.5, 0.6) is 0 Å². The standard InChI is InChI=1S/C32H33ClFN5O3/c1-42-26-17-29(39(19-26)31(41)37-25-10-8-24(33)9-11-25)30(40)38-28-16-23(7-12-27(28)34)32(36,14-13-20-5-6-20)22-4-2-3-21(15-22)18-35/h2-4,7-12,15-16,20,26,29H,5-6,13-14,17,19,36H2,1H3,(H,37,41)(H,38,40)/t26-,29-,32?/m0/s1. The molecule has 1 saturated carbocycles. The van der Waals surface area contributed by atoms with Gasteiger partial charge in [-0.2, -0.15) is 5.26 Å². The van der Waals surface area contributed by atoms with Crippen LogP contribution in [0.1, 0.15) is 48.8 Å². The van der Waals surface area contributed by atoms with Gasteiger partial charge in [0.1, 0.15) is 11.9 Å². The van der Waals surface area contributed by atoms with Gasteiger partial charge < -0.3 is 26.0 Å². The first-order valence-corrected chi connectivity index (χ1v) is 14.3. The van der Waals surface area contributed by atoms with E-state index in [0.29, 0.717) is 34.2 Å². The molecule has 0 aromatic heterocycles. The Morgan fingerprint density at radius 1 is 1.12 bits per heavy atom. The fourth-order valence-electron chi connectivity index (χ4n) is 5.44. The molecule has 4 N–H and O–H groups in total. The Hall–Kier alpha value is -3.97. The number of nitrogens with zero attached hydrogens (tertiary/aromatic N) is 2. The number of halogens is 2. The van der Waals surface area contributed by atoms with Gasteiger partial charge in [-0.05, 0) is 78.4 Å². The highest BCUT2D eigenvalue weighted by Crippen LogP contribution is 2.40. The third-order valence-corrected chi connectivity index (χ3v) is 8.40. The van der Waals surface area contributed by atoms with E-state index in [9.17, 15) is 14.9 Å². The molecule has 3 aromatic carbocycles. The molecule has 5 rings (SSSR count). The third-order valence-electron chi connectivity index (χ3n) is 8.15. The van der Waals surface area contributed by atoms with Crippen LogP contribution in [0, 0.1) is 23.1 Å². The van der Waals surface area contributed by atoms with Crippen molar-refractivity contribution in [2.45, 2.75) is 49.8 Å². The first-order chi connectivity index (χ1) is 20.2. The Morgan fingerprint density at radius 2 is 1.86 bits per heavy atom. The van der Waals surface area contributed by atoms with Crippen LogP contribution in [0.25, 0.3) is 0 Å². The molecule has 218 valence electrons. The molecule has 10 heteroatoms. The molecule has 0 radical (unpaired) electrons. The molecule has 42 heavy (non-hydrogen) atoms. The summed E-state index contributed by atoms with van der Waals surface area (Å²) in [5.41, 5.74) is 8.40. The van der Waals surface area contributed by atoms with E-state index in [1.165, 1.54) is 18.1 Å². The summed E-state index contributed by atoms with van der Waals surface area (Å²) in [5, 5.41) is 15.5. The highest BCUT2D eigenvalue weighted by molar-refractivity contribution is 6.30. The summed E-state index contributed by atoms with van der Waals surface area (Å²) in [6, 6.07) is 19.0. The molecule has 3 atom stereocenters. The Balaban J connectivity index is 1.39. The zero-order valence-corrected chi connectivity index (χ0v) is 24.0. The van der Waals surface area contributed by atoms with Crippen LogP contribution >= 0.6 is 11.6 Å². The van der Waals surface area contributed by atoms with Crippen molar-refractivity contribution in [3.63, 3.8) is 0 Å². The summed E-state index contributed by atoms with van der Waals surface area (Å²) in [5.74, 6) is -0.558. The molecule has 0 spiro atoms. The van der Waals surface area contributed by atoms with Crippen LogP contribution in [-0.4, -0.2) is 42.6 Å². The molecule has 2 fully saturated rings. The van der Waals surface area contributed by atoms with Crippen LogP contribution in [0.3, 0.4) is 0 Å². The molecule has 1 unspecified atom stereocenters. The number of amides is 3. The van der Waals surface area contributed by atoms with Crippen molar-refractivity contribution in [1.82, 2.24) is 4.90 Å². The van der Waals surface area contributed by atoms with E-state index in [2.05, 4.69) is 16.7 Å². The number of anilines is 2. The van der Waals surface area contributed by atoms with Crippen molar-refractivity contribution < 1.29 is 18.7 Å². The molecule has 1 aliphatic carbocycles. The molecule has 1 heterocycles. The Bertz CT molecular complexity index is 1510. The van der Waals surface area contributed by atoms with E-state index in [1.54, 1.807) is 54.6 Å². The molecule has 3 aromatic rings. The van der Waals surface area contributed by atoms with Gasteiger partial charge in [-0.25, -0.2) is 9.18 Å². The zero-order valence-electron chi connectivity index (χ0n) is 23.3. The maximum atomic E-state index is 15.1. The molecule has 2 aliphatic rings. The van der Waals surface area contributed by atoms with Gasteiger partial charge in [0.15, 0.2) is 0 Å². The lowest BCUT2D eigenvalue weighted by atomic mass is 9.79. The van der Waals surface area contributed by atoms with E-state index in [1.807, 2.05) is 6.07 Å². The normalized spacial score (nSPS) is 19.5. The lowest BCUT2D eigenvalue weighted by Crippen LogP contribution is -2.45. The van der Waals surface area contributed by atoms with Crippen LogP contribution in [0.2, 0.25) is 5.02 Å². The summed E-state index contributed by atoms with van der Waals surface area (Å²) in [7, 11) is 1.52. The number of ether oxygens (including phenoxy) is 1. The predicted octanol–water partition coefficient (Wildman–Crippen LogP) is 6.00. The number of methoxy groups -OCH3 is 1. The molecule has 3 amide bonds. The summed E-state index contributed by atoms with van der Waals surface area (Å²) >= 11 is 5.95. The van der Waals surface area contributed by atoms with Gasteiger partial charge in [-0.1, -0.05) is 42.6 Å².